The summed E-state index contributed by atoms with van der Waals surface area (Å²) >= 11 is 0. The smallest absolute Gasteiger partial charge is 0.0284 e. The third-order valence-corrected chi connectivity index (χ3v) is 5.04. The van der Waals surface area contributed by atoms with Crippen LogP contribution in [0.2, 0.25) is 0 Å². The zero-order valence-corrected chi connectivity index (χ0v) is 11.2. The molecule has 0 aromatic heterocycles. The predicted molar refractivity (Wildman–Crippen MR) is 75.0 cm³/mol. The Kier molecular flexibility index (Phi) is 3.40. The van der Waals surface area contributed by atoms with Crippen molar-refractivity contribution in [1.29, 1.82) is 0 Å². The first kappa shape index (κ1) is 12.2. The molecule has 2 aliphatic carbocycles. The highest BCUT2D eigenvalue weighted by molar-refractivity contribution is 5.24. The van der Waals surface area contributed by atoms with Gasteiger partial charge in [-0.2, -0.15) is 0 Å². The Morgan fingerprint density at radius 2 is 1.78 bits per heavy atom. The van der Waals surface area contributed by atoms with Crippen LogP contribution in [0.3, 0.4) is 0 Å². The van der Waals surface area contributed by atoms with Gasteiger partial charge < -0.3 is 0 Å². The van der Waals surface area contributed by atoms with Gasteiger partial charge in [-0.1, -0.05) is 37.6 Å². The lowest BCUT2D eigenvalue weighted by molar-refractivity contribution is 0.410. The maximum Gasteiger partial charge on any atom is 0.0284 e. The second-order valence-electron chi connectivity index (χ2n) is 5.98. The SMILES string of the molecule is CCc1ccc(CC(NN)C2C3CCCC32)cc1. The third kappa shape index (κ3) is 2.19. The molecule has 2 aliphatic rings. The van der Waals surface area contributed by atoms with E-state index < -0.39 is 0 Å². The Morgan fingerprint density at radius 3 is 2.33 bits per heavy atom. The fourth-order valence-electron chi connectivity index (χ4n) is 3.94. The molecular weight excluding hydrogens is 220 g/mol. The van der Waals surface area contributed by atoms with Gasteiger partial charge in [0.05, 0.1) is 0 Å². The van der Waals surface area contributed by atoms with E-state index in [-0.39, 0.29) is 0 Å². The molecule has 2 nitrogen and oxygen atoms in total. The van der Waals surface area contributed by atoms with Crippen LogP contribution in [0.4, 0.5) is 0 Å². The first-order valence-corrected chi connectivity index (χ1v) is 7.37. The summed E-state index contributed by atoms with van der Waals surface area (Å²) in [5.41, 5.74) is 5.90. The molecule has 0 spiro atoms. The van der Waals surface area contributed by atoms with Gasteiger partial charge in [0.25, 0.3) is 0 Å². The molecule has 3 rings (SSSR count). The Bertz CT molecular complexity index is 388. The van der Waals surface area contributed by atoms with Crippen molar-refractivity contribution in [2.45, 2.75) is 45.1 Å². The van der Waals surface area contributed by atoms with Crippen LogP contribution in [-0.2, 0) is 12.8 Å². The number of fused-ring (bicyclic) bond motifs is 1. The minimum absolute atomic E-state index is 0.479. The number of aryl methyl sites for hydroxylation is 1. The maximum absolute atomic E-state index is 5.77. The van der Waals surface area contributed by atoms with E-state index in [1.54, 1.807) is 0 Å². The van der Waals surface area contributed by atoms with E-state index in [2.05, 4.69) is 36.6 Å². The minimum atomic E-state index is 0.479. The van der Waals surface area contributed by atoms with E-state index in [9.17, 15) is 0 Å². The third-order valence-electron chi connectivity index (χ3n) is 5.04. The Labute approximate surface area is 110 Å². The lowest BCUT2D eigenvalue weighted by Crippen LogP contribution is -2.39. The van der Waals surface area contributed by atoms with Crippen LogP contribution in [-0.4, -0.2) is 6.04 Å². The number of nitrogens with one attached hydrogen (secondary N) is 1. The molecule has 18 heavy (non-hydrogen) atoms. The highest BCUT2D eigenvalue weighted by atomic mass is 15.2. The average Bonchev–Trinajstić information content (AvgIpc) is 2.89. The van der Waals surface area contributed by atoms with Crippen molar-refractivity contribution in [2.24, 2.45) is 23.6 Å². The molecule has 1 aromatic rings. The maximum atomic E-state index is 5.77. The topological polar surface area (TPSA) is 38.0 Å². The van der Waals surface area contributed by atoms with Crippen LogP contribution in [0.25, 0.3) is 0 Å². The van der Waals surface area contributed by atoms with Gasteiger partial charge in [-0.3, -0.25) is 11.3 Å². The lowest BCUT2D eigenvalue weighted by Gasteiger charge is -2.18. The van der Waals surface area contributed by atoms with Crippen LogP contribution in [0.15, 0.2) is 24.3 Å². The highest BCUT2D eigenvalue weighted by Crippen LogP contribution is 2.59. The van der Waals surface area contributed by atoms with Gasteiger partial charge in [0, 0.05) is 6.04 Å². The molecule has 0 heterocycles. The van der Waals surface area contributed by atoms with E-state index in [0.29, 0.717) is 6.04 Å². The minimum Gasteiger partial charge on any atom is -0.271 e. The van der Waals surface area contributed by atoms with Gasteiger partial charge in [0.1, 0.15) is 0 Å². The van der Waals surface area contributed by atoms with Crippen molar-refractivity contribution in [3.63, 3.8) is 0 Å². The normalized spacial score (nSPS) is 31.1. The molecule has 3 atom stereocenters. The second-order valence-corrected chi connectivity index (χ2v) is 5.98. The molecule has 0 amide bonds. The summed E-state index contributed by atoms with van der Waals surface area (Å²) in [6.45, 7) is 2.20. The molecule has 3 N–H and O–H groups in total. The predicted octanol–water partition coefficient (Wildman–Crippen LogP) is 2.67. The van der Waals surface area contributed by atoms with Crippen molar-refractivity contribution in [2.75, 3.05) is 0 Å². The van der Waals surface area contributed by atoms with Gasteiger partial charge in [-0.15, -0.1) is 0 Å². The van der Waals surface area contributed by atoms with Crippen molar-refractivity contribution >= 4 is 0 Å². The van der Waals surface area contributed by atoms with Crippen LogP contribution >= 0.6 is 0 Å². The summed E-state index contributed by atoms with van der Waals surface area (Å²) in [5.74, 6) is 8.56. The van der Waals surface area contributed by atoms with Crippen LogP contribution < -0.4 is 11.3 Å². The zero-order chi connectivity index (χ0) is 12.5. The van der Waals surface area contributed by atoms with E-state index >= 15 is 0 Å². The molecule has 98 valence electrons. The van der Waals surface area contributed by atoms with Gasteiger partial charge in [0.15, 0.2) is 0 Å². The molecule has 3 unspecified atom stereocenters. The van der Waals surface area contributed by atoms with E-state index in [4.69, 9.17) is 5.84 Å². The number of hydrogen-bond donors (Lipinski definition) is 2. The quantitative estimate of drug-likeness (QED) is 0.617. The Morgan fingerprint density at radius 1 is 1.17 bits per heavy atom. The Balaban J connectivity index is 1.63. The van der Waals surface area contributed by atoms with Crippen LogP contribution in [0, 0.1) is 17.8 Å². The van der Waals surface area contributed by atoms with E-state index in [1.807, 2.05) is 0 Å². The fourth-order valence-corrected chi connectivity index (χ4v) is 3.94. The van der Waals surface area contributed by atoms with Crippen molar-refractivity contribution in [1.82, 2.24) is 5.43 Å². The number of nitrogens with two attached hydrogens (primary N) is 1. The highest BCUT2D eigenvalue weighted by Gasteiger charge is 2.55. The van der Waals surface area contributed by atoms with Crippen LogP contribution in [0.5, 0.6) is 0 Å². The molecule has 2 heteroatoms. The molecule has 0 saturated heterocycles. The van der Waals surface area contributed by atoms with E-state index in [0.717, 1.165) is 30.6 Å². The second kappa shape index (κ2) is 5.02. The van der Waals surface area contributed by atoms with Gasteiger partial charge >= 0.3 is 0 Å². The molecule has 1 aromatic carbocycles. The summed E-state index contributed by atoms with van der Waals surface area (Å²) in [5, 5.41) is 0. The first-order chi connectivity index (χ1) is 8.83. The first-order valence-electron chi connectivity index (χ1n) is 7.37. The molecular formula is C16H24N2. The molecule has 2 fully saturated rings. The molecule has 2 saturated carbocycles. The van der Waals surface area contributed by atoms with Crippen molar-refractivity contribution in [3.05, 3.63) is 35.4 Å². The fraction of sp³-hybridized carbons (Fsp3) is 0.625. The monoisotopic (exact) mass is 244 g/mol. The molecule has 0 bridgehead atoms. The standard InChI is InChI=1S/C16H24N2/c1-2-11-6-8-12(9-7-11)10-15(18-17)16-13-4-3-5-14(13)16/h6-9,13-16,18H,2-5,10,17H2,1H3. The zero-order valence-electron chi connectivity index (χ0n) is 11.2. The van der Waals surface area contributed by atoms with Crippen molar-refractivity contribution in [3.8, 4) is 0 Å². The number of rotatable bonds is 5. The summed E-state index contributed by atoms with van der Waals surface area (Å²) in [6.07, 6.45) is 6.50. The van der Waals surface area contributed by atoms with Gasteiger partial charge in [0.2, 0.25) is 0 Å². The Hall–Kier alpha value is -0.860. The number of hydrogen-bond acceptors (Lipinski definition) is 2. The number of hydrazine groups is 1. The molecule has 0 aliphatic heterocycles. The summed E-state index contributed by atoms with van der Waals surface area (Å²) in [4.78, 5) is 0. The summed E-state index contributed by atoms with van der Waals surface area (Å²) < 4.78 is 0. The summed E-state index contributed by atoms with van der Waals surface area (Å²) in [7, 11) is 0. The van der Waals surface area contributed by atoms with E-state index in [1.165, 1.54) is 30.4 Å². The number of benzene rings is 1. The van der Waals surface area contributed by atoms with Gasteiger partial charge in [-0.25, -0.2) is 0 Å². The molecule has 0 radical (unpaired) electrons. The van der Waals surface area contributed by atoms with Gasteiger partial charge in [-0.05, 0) is 54.6 Å². The summed E-state index contributed by atoms with van der Waals surface area (Å²) in [6, 6.07) is 9.50. The van der Waals surface area contributed by atoms with Crippen molar-refractivity contribution < 1.29 is 0 Å². The average molecular weight is 244 g/mol. The lowest BCUT2D eigenvalue weighted by atomic mass is 9.97. The largest absolute Gasteiger partial charge is 0.271 e. The van der Waals surface area contributed by atoms with Crippen LogP contribution in [0.1, 0.15) is 37.3 Å².